The number of rotatable bonds is 4. The molecule has 0 spiro atoms. The summed E-state index contributed by atoms with van der Waals surface area (Å²) >= 11 is 5.80. The fourth-order valence-electron chi connectivity index (χ4n) is 2.50. The molecule has 1 aromatic rings. The summed E-state index contributed by atoms with van der Waals surface area (Å²) in [6.45, 7) is 0. The predicted molar refractivity (Wildman–Crippen MR) is 75.3 cm³/mol. The number of aliphatic carboxylic acids is 1. The van der Waals surface area contributed by atoms with Gasteiger partial charge in [0.1, 0.15) is 5.15 Å². The summed E-state index contributed by atoms with van der Waals surface area (Å²) in [5.74, 6) is -2.35. The van der Waals surface area contributed by atoms with Crippen LogP contribution in [0.4, 0.5) is 5.95 Å². The monoisotopic (exact) mass is 313 g/mol. The van der Waals surface area contributed by atoms with E-state index in [-0.39, 0.29) is 17.0 Å². The van der Waals surface area contributed by atoms with Crippen LogP contribution in [0.2, 0.25) is 5.15 Å². The lowest BCUT2D eigenvalue weighted by molar-refractivity contribution is -0.147. The Kier molecular flexibility index (Phi) is 4.95. The van der Waals surface area contributed by atoms with Crippen molar-refractivity contribution in [1.82, 2.24) is 9.97 Å². The van der Waals surface area contributed by atoms with Gasteiger partial charge in [0, 0.05) is 6.07 Å². The molecule has 21 heavy (non-hydrogen) atoms. The summed E-state index contributed by atoms with van der Waals surface area (Å²) in [6, 6.07) is 1.41. The van der Waals surface area contributed by atoms with E-state index in [1.54, 1.807) is 0 Å². The summed E-state index contributed by atoms with van der Waals surface area (Å²) in [6.07, 6.45) is 2.71. The first kappa shape index (κ1) is 15.5. The summed E-state index contributed by atoms with van der Waals surface area (Å²) in [5, 5.41) is 11.9. The number of amides is 1. The number of nitrogens with zero attached hydrogens (tertiary/aromatic N) is 2. The van der Waals surface area contributed by atoms with E-state index in [4.69, 9.17) is 16.3 Å². The smallest absolute Gasteiger partial charge is 0.307 e. The first-order valence-electron chi connectivity index (χ1n) is 6.63. The Hall–Kier alpha value is -1.89. The first-order chi connectivity index (χ1) is 10.0. The van der Waals surface area contributed by atoms with E-state index in [9.17, 15) is 14.7 Å². The molecule has 1 aliphatic carbocycles. The van der Waals surface area contributed by atoms with Crippen LogP contribution in [0.25, 0.3) is 0 Å². The van der Waals surface area contributed by atoms with Gasteiger partial charge in [-0.05, 0) is 12.8 Å². The van der Waals surface area contributed by atoms with Gasteiger partial charge in [-0.25, -0.2) is 4.98 Å². The number of carbonyl (C=O) groups excluding carboxylic acids is 1. The molecule has 1 fully saturated rings. The molecule has 0 aliphatic heterocycles. The zero-order valence-electron chi connectivity index (χ0n) is 11.5. The molecule has 1 aliphatic rings. The van der Waals surface area contributed by atoms with Gasteiger partial charge in [-0.2, -0.15) is 4.98 Å². The molecule has 8 heteroatoms. The normalized spacial score (nSPS) is 21.6. The summed E-state index contributed by atoms with van der Waals surface area (Å²) in [7, 11) is 1.42. The van der Waals surface area contributed by atoms with Crippen LogP contribution < -0.4 is 10.1 Å². The van der Waals surface area contributed by atoms with Crippen LogP contribution in [0.15, 0.2) is 6.07 Å². The van der Waals surface area contributed by atoms with Crippen molar-refractivity contribution >= 4 is 29.4 Å². The number of halogens is 1. The maximum absolute atomic E-state index is 12.3. The molecule has 0 saturated heterocycles. The fraction of sp³-hybridized carbons (Fsp3) is 0.538. The molecule has 2 unspecified atom stereocenters. The third-order valence-corrected chi connectivity index (χ3v) is 3.73. The number of aromatic nitrogens is 2. The molecule has 2 rings (SSSR count). The van der Waals surface area contributed by atoms with Crippen molar-refractivity contribution in [3.63, 3.8) is 0 Å². The average molecular weight is 314 g/mol. The van der Waals surface area contributed by atoms with Crippen LogP contribution in [0.5, 0.6) is 5.88 Å². The third kappa shape index (κ3) is 3.81. The Morgan fingerprint density at radius 1 is 1.33 bits per heavy atom. The maximum Gasteiger partial charge on any atom is 0.307 e. The minimum atomic E-state index is -0.945. The van der Waals surface area contributed by atoms with Gasteiger partial charge in [0.15, 0.2) is 0 Å². The quantitative estimate of drug-likeness (QED) is 0.824. The highest BCUT2D eigenvalue weighted by atomic mass is 35.5. The molecule has 0 aromatic carbocycles. The summed E-state index contributed by atoms with van der Waals surface area (Å²) in [4.78, 5) is 31.3. The number of hydrogen-bond acceptors (Lipinski definition) is 5. The van der Waals surface area contributed by atoms with Crippen molar-refractivity contribution in [3.05, 3.63) is 11.2 Å². The largest absolute Gasteiger partial charge is 0.481 e. The molecule has 114 valence electrons. The zero-order valence-corrected chi connectivity index (χ0v) is 12.3. The fourth-order valence-corrected chi connectivity index (χ4v) is 2.67. The van der Waals surface area contributed by atoms with Crippen molar-refractivity contribution in [3.8, 4) is 5.88 Å². The second kappa shape index (κ2) is 6.71. The topological polar surface area (TPSA) is 101 Å². The molecular formula is C13H16ClN3O4. The molecule has 7 nitrogen and oxygen atoms in total. The van der Waals surface area contributed by atoms with E-state index in [1.807, 2.05) is 0 Å². The van der Waals surface area contributed by atoms with Crippen LogP contribution in [0.3, 0.4) is 0 Å². The van der Waals surface area contributed by atoms with E-state index >= 15 is 0 Å². The van der Waals surface area contributed by atoms with Gasteiger partial charge < -0.3 is 9.84 Å². The van der Waals surface area contributed by atoms with Crippen molar-refractivity contribution in [2.24, 2.45) is 11.8 Å². The third-order valence-electron chi connectivity index (χ3n) is 3.54. The van der Waals surface area contributed by atoms with Gasteiger partial charge >= 0.3 is 5.97 Å². The van der Waals surface area contributed by atoms with Crippen molar-refractivity contribution < 1.29 is 19.4 Å². The SMILES string of the molecule is COc1cc(Cl)nc(NC(=O)C2CCCCC2C(=O)O)n1. The van der Waals surface area contributed by atoms with E-state index in [0.717, 1.165) is 12.8 Å². The number of ether oxygens (including phenoxy) is 1. The summed E-state index contributed by atoms with van der Waals surface area (Å²) < 4.78 is 4.94. The molecule has 2 atom stereocenters. The van der Waals surface area contributed by atoms with Crippen LogP contribution >= 0.6 is 11.6 Å². The number of anilines is 1. The second-order valence-corrected chi connectivity index (χ2v) is 5.27. The van der Waals surface area contributed by atoms with E-state index in [0.29, 0.717) is 12.8 Å². The second-order valence-electron chi connectivity index (χ2n) is 4.88. The van der Waals surface area contributed by atoms with Gasteiger partial charge in [-0.3, -0.25) is 14.9 Å². The lowest BCUT2D eigenvalue weighted by atomic mass is 9.79. The highest BCUT2D eigenvalue weighted by Gasteiger charge is 2.36. The number of nitrogens with one attached hydrogen (secondary N) is 1. The van der Waals surface area contributed by atoms with E-state index < -0.39 is 23.7 Å². The molecule has 1 saturated carbocycles. The minimum absolute atomic E-state index is 0.0130. The van der Waals surface area contributed by atoms with Crippen molar-refractivity contribution in [1.29, 1.82) is 0 Å². The van der Waals surface area contributed by atoms with Gasteiger partial charge in [0.25, 0.3) is 0 Å². The number of carbonyl (C=O) groups is 2. The van der Waals surface area contributed by atoms with Crippen LogP contribution in [-0.2, 0) is 9.59 Å². The van der Waals surface area contributed by atoms with Gasteiger partial charge in [0.2, 0.25) is 17.7 Å². The Labute approximate surface area is 126 Å². The highest BCUT2D eigenvalue weighted by molar-refractivity contribution is 6.29. The molecule has 1 amide bonds. The standard InChI is InChI=1S/C13H16ClN3O4/c1-21-10-6-9(14)15-13(16-10)17-11(18)7-4-2-3-5-8(7)12(19)20/h6-8H,2-5H2,1H3,(H,19,20)(H,15,16,17,18). The number of methoxy groups -OCH3 is 1. The van der Waals surface area contributed by atoms with Gasteiger partial charge in [-0.15, -0.1) is 0 Å². The Morgan fingerprint density at radius 2 is 2.00 bits per heavy atom. The van der Waals surface area contributed by atoms with Crippen molar-refractivity contribution in [2.75, 3.05) is 12.4 Å². The average Bonchev–Trinajstić information content (AvgIpc) is 2.46. The number of carboxylic acids is 1. The van der Waals surface area contributed by atoms with Gasteiger partial charge in [-0.1, -0.05) is 24.4 Å². The van der Waals surface area contributed by atoms with E-state index in [1.165, 1.54) is 13.2 Å². The van der Waals surface area contributed by atoms with Crippen LogP contribution in [-0.4, -0.2) is 34.1 Å². The Morgan fingerprint density at radius 3 is 2.62 bits per heavy atom. The van der Waals surface area contributed by atoms with Gasteiger partial charge in [0.05, 0.1) is 18.9 Å². The number of hydrogen-bond donors (Lipinski definition) is 2. The lowest BCUT2D eigenvalue weighted by Gasteiger charge is -2.27. The molecular weight excluding hydrogens is 298 g/mol. The molecule has 1 aromatic heterocycles. The molecule has 0 radical (unpaired) electrons. The van der Waals surface area contributed by atoms with Crippen LogP contribution in [0.1, 0.15) is 25.7 Å². The molecule has 2 N–H and O–H groups in total. The molecule has 0 bridgehead atoms. The van der Waals surface area contributed by atoms with Crippen molar-refractivity contribution in [2.45, 2.75) is 25.7 Å². The highest BCUT2D eigenvalue weighted by Crippen LogP contribution is 2.31. The zero-order chi connectivity index (χ0) is 15.4. The lowest BCUT2D eigenvalue weighted by Crippen LogP contribution is -2.36. The first-order valence-corrected chi connectivity index (χ1v) is 7.01. The molecule has 1 heterocycles. The predicted octanol–water partition coefficient (Wildman–Crippen LogP) is 1.97. The Balaban J connectivity index is 2.13. The summed E-state index contributed by atoms with van der Waals surface area (Å²) in [5.41, 5.74) is 0. The maximum atomic E-state index is 12.3. The number of carboxylic acid groups (broad SMARTS) is 1. The minimum Gasteiger partial charge on any atom is -0.481 e. The van der Waals surface area contributed by atoms with Crippen LogP contribution in [0, 0.1) is 11.8 Å². The van der Waals surface area contributed by atoms with E-state index in [2.05, 4.69) is 15.3 Å². The Bertz CT molecular complexity index is 552.